The molecule has 1 aliphatic carbocycles. The SMILES string of the molecule is CC.Cc1nc(NCc2cccc(C(F)F)c2C)c2cn(C3(C(F)F)CC3)c(=O)cc2n1. The largest absolute Gasteiger partial charge is 0.365 e. The van der Waals surface area contributed by atoms with Gasteiger partial charge in [-0.3, -0.25) is 4.79 Å². The standard InChI is InChI=1S/C21H20F4N4O.C2H6/c1-11-13(4-3-5-14(11)18(22)23)9-26-19-15-10-29(21(6-7-21)20(24)25)17(30)8-16(15)27-12(2)28-19;1-2/h3-5,8,10,18,20H,6-7,9H2,1-2H3,(H,26,27,28);1-2H3. The van der Waals surface area contributed by atoms with E-state index in [1.54, 1.807) is 26.0 Å². The van der Waals surface area contributed by atoms with E-state index < -0.39 is 23.9 Å². The van der Waals surface area contributed by atoms with Crippen molar-refractivity contribution < 1.29 is 17.6 Å². The zero-order valence-electron chi connectivity index (χ0n) is 18.4. The number of aromatic nitrogens is 3. The van der Waals surface area contributed by atoms with Crippen LogP contribution in [0.1, 0.15) is 55.6 Å². The van der Waals surface area contributed by atoms with Crippen LogP contribution in [0.5, 0.6) is 0 Å². The molecule has 2 heterocycles. The second-order valence-electron chi connectivity index (χ2n) is 7.59. The van der Waals surface area contributed by atoms with Crippen molar-refractivity contribution in [1.82, 2.24) is 14.5 Å². The Morgan fingerprint density at radius 3 is 2.41 bits per heavy atom. The number of aryl methyl sites for hydroxylation is 1. The smallest absolute Gasteiger partial charge is 0.264 e. The van der Waals surface area contributed by atoms with Crippen LogP contribution in [0.15, 0.2) is 35.3 Å². The van der Waals surface area contributed by atoms with Crippen LogP contribution in [0.2, 0.25) is 0 Å². The molecule has 0 bridgehead atoms. The van der Waals surface area contributed by atoms with Crippen LogP contribution in [0.3, 0.4) is 0 Å². The van der Waals surface area contributed by atoms with Crippen molar-refractivity contribution >= 4 is 16.7 Å². The summed E-state index contributed by atoms with van der Waals surface area (Å²) in [6.45, 7) is 7.48. The normalized spacial score (nSPS) is 14.4. The Morgan fingerprint density at radius 2 is 1.81 bits per heavy atom. The molecule has 0 aliphatic heterocycles. The number of anilines is 1. The molecule has 1 aromatic carbocycles. The maximum Gasteiger partial charge on any atom is 0.264 e. The Bertz CT molecular complexity index is 1170. The molecule has 0 radical (unpaired) electrons. The van der Waals surface area contributed by atoms with Gasteiger partial charge in [-0.15, -0.1) is 0 Å². The predicted molar refractivity (Wildman–Crippen MR) is 117 cm³/mol. The molecule has 0 amide bonds. The number of halogens is 4. The zero-order valence-corrected chi connectivity index (χ0v) is 18.4. The summed E-state index contributed by atoms with van der Waals surface area (Å²) in [7, 11) is 0. The molecule has 1 N–H and O–H groups in total. The molecule has 0 atom stereocenters. The van der Waals surface area contributed by atoms with Crippen LogP contribution in [0.25, 0.3) is 10.9 Å². The van der Waals surface area contributed by atoms with Crippen molar-refractivity contribution in [2.24, 2.45) is 0 Å². The van der Waals surface area contributed by atoms with Crippen LogP contribution in [-0.2, 0) is 12.1 Å². The van der Waals surface area contributed by atoms with Gasteiger partial charge in [0.1, 0.15) is 17.2 Å². The highest BCUT2D eigenvalue weighted by atomic mass is 19.3. The van der Waals surface area contributed by atoms with Gasteiger partial charge in [0.25, 0.3) is 18.4 Å². The lowest BCUT2D eigenvalue weighted by atomic mass is 10.0. The van der Waals surface area contributed by atoms with Crippen molar-refractivity contribution in [3.05, 3.63) is 63.3 Å². The zero-order chi connectivity index (χ0) is 23.6. The maximum atomic E-state index is 13.6. The lowest BCUT2D eigenvalue weighted by Gasteiger charge is -2.19. The summed E-state index contributed by atoms with van der Waals surface area (Å²) in [5.74, 6) is 0.758. The third kappa shape index (κ3) is 4.33. The lowest BCUT2D eigenvalue weighted by molar-refractivity contribution is 0.0654. The quantitative estimate of drug-likeness (QED) is 0.487. The van der Waals surface area contributed by atoms with Crippen LogP contribution in [-0.4, -0.2) is 21.0 Å². The molecule has 0 spiro atoms. The molecule has 5 nitrogen and oxygen atoms in total. The lowest BCUT2D eigenvalue weighted by Crippen LogP contribution is -2.35. The number of hydrogen-bond acceptors (Lipinski definition) is 4. The van der Waals surface area contributed by atoms with Gasteiger partial charge in [0.05, 0.1) is 10.9 Å². The van der Waals surface area contributed by atoms with Crippen LogP contribution in [0.4, 0.5) is 23.4 Å². The van der Waals surface area contributed by atoms with E-state index in [0.717, 1.165) is 4.57 Å². The average Bonchev–Trinajstić information content (AvgIpc) is 3.55. The van der Waals surface area contributed by atoms with Gasteiger partial charge in [-0.1, -0.05) is 32.0 Å². The number of hydrogen-bond donors (Lipinski definition) is 1. The molecule has 1 aliphatic rings. The fourth-order valence-electron chi connectivity index (χ4n) is 3.70. The molecular weight excluding hydrogens is 424 g/mol. The third-order valence-electron chi connectivity index (χ3n) is 5.66. The summed E-state index contributed by atoms with van der Waals surface area (Å²) in [6, 6.07) is 5.91. The van der Waals surface area contributed by atoms with Crippen molar-refractivity contribution in [3.63, 3.8) is 0 Å². The number of benzene rings is 1. The summed E-state index contributed by atoms with van der Waals surface area (Å²) in [5.41, 5.74) is -0.577. The molecule has 4 rings (SSSR count). The van der Waals surface area contributed by atoms with Gasteiger partial charge < -0.3 is 9.88 Å². The monoisotopic (exact) mass is 450 g/mol. The van der Waals surface area contributed by atoms with E-state index in [9.17, 15) is 22.4 Å². The van der Waals surface area contributed by atoms with Crippen LogP contribution >= 0.6 is 0 Å². The summed E-state index contributed by atoms with van der Waals surface area (Å²) in [4.78, 5) is 21.0. The number of nitrogens with one attached hydrogen (secondary N) is 1. The number of alkyl halides is 4. The van der Waals surface area contributed by atoms with E-state index in [4.69, 9.17) is 0 Å². The molecular formula is C23H26F4N4O. The van der Waals surface area contributed by atoms with Gasteiger partial charge in [0.15, 0.2) is 0 Å². The van der Waals surface area contributed by atoms with Crippen molar-refractivity contribution in [2.75, 3.05) is 5.32 Å². The van der Waals surface area contributed by atoms with E-state index in [1.807, 2.05) is 13.8 Å². The fraction of sp³-hybridized carbons (Fsp3) is 0.435. The van der Waals surface area contributed by atoms with Crippen molar-refractivity contribution in [2.45, 2.75) is 65.5 Å². The number of pyridine rings is 1. The highest BCUT2D eigenvalue weighted by Crippen LogP contribution is 2.48. The first-order valence-electron chi connectivity index (χ1n) is 10.5. The highest BCUT2D eigenvalue weighted by molar-refractivity contribution is 5.88. The molecule has 0 saturated heterocycles. The van der Waals surface area contributed by atoms with Gasteiger partial charge >= 0.3 is 0 Å². The molecule has 172 valence electrons. The van der Waals surface area contributed by atoms with E-state index >= 15 is 0 Å². The van der Waals surface area contributed by atoms with Gasteiger partial charge in [0, 0.05) is 24.4 Å². The fourth-order valence-corrected chi connectivity index (χ4v) is 3.70. The second kappa shape index (κ2) is 9.26. The van der Waals surface area contributed by atoms with E-state index in [-0.39, 0.29) is 24.9 Å². The third-order valence-corrected chi connectivity index (χ3v) is 5.66. The van der Waals surface area contributed by atoms with E-state index in [1.165, 1.54) is 18.3 Å². The Kier molecular flexibility index (Phi) is 6.85. The highest BCUT2D eigenvalue weighted by Gasteiger charge is 2.53. The van der Waals surface area contributed by atoms with Gasteiger partial charge in [0.2, 0.25) is 0 Å². The Labute approximate surface area is 183 Å². The van der Waals surface area contributed by atoms with Gasteiger partial charge in [-0.2, -0.15) is 0 Å². The van der Waals surface area contributed by atoms with E-state index in [2.05, 4.69) is 15.3 Å². The Morgan fingerprint density at radius 1 is 1.12 bits per heavy atom. The minimum Gasteiger partial charge on any atom is -0.365 e. The molecule has 3 aromatic rings. The number of nitrogens with zero attached hydrogens (tertiary/aromatic N) is 3. The first kappa shape index (κ1) is 23.7. The molecule has 1 fully saturated rings. The van der Waals surface area contributed by atoms with Crippen LogP contribution < -0.4 is 10.9 Å². The molecule has 9 heteroatoms. The van der Waals surface area contributed by atoms with Crippen molar-refractivity contribution in [1.29, 1.82) is 0 Å². The summed E-state index contributed by atoms with van der Waals surface area (Å²) in [5, 5.41) is 3.53. The Balaban J connectivity index is 0.00000141. The van der Waals surface area contributed by atoms with Crippen LogP contribution in [0, 0.1) is 13.8 Å². The average molecular weight is 450 g/mol. The number of fused-ring (bicyclic) bond motifs is 1. The number of rotatable bonds is 6. The summed E-state index contributed by atoms with van der Waals surface area (Å²) in [6.07, 6.45) is -3.40. The first-order chi connectivity index (χ1) is 15.2. The minimum atomic E-state index is -2.66. The van der Waals surface area contributed by atoms with E-state index in [0.29, 0.717) is 33.7 Å². The van der Waals surface area contributed by atoms with Gasteiger partial charge in [-0.25, -0.2) is 27.5 Å². The predicted octanol–water partition coefficient (Wildman–Crippen LogP) is 5.74. The molecule has 32 heavy (non-hydrogen) atoms. The summed E-state index contributed by atoms with van der Waals surface area (Å²) < 4.78 is 54.5. The molecule has 1 saturated carbocycles. The topological polar surface area (TPSA) is 59.8 Å². The first-order valence-corrected chi connectivity index (χ1v) is 10.5. The molecule has 0 unspecified atom stereocenters. The Hall–Kier alpha value is -2.97. The minimum absolute atomic E-state index is 0.0422. The molecule has 2 aromatic heterocycles. The van der Waals surface area contributed by atoms with Crippen molar-refractivity contribution in [3.8, 4) is 0 Å². The van der Waals surface area contributed by atoms with Gasteiger partial charge in [-0.05, 0) is 37.8 Å². The second-order valence-corrected chi connectivity index (χ2v) is 7.59. The summed E-state index contributed by atoms with van der Waals surface area (Å²) >= 11 is 0. The maximum absolute atomic E-state index is 13.6.